The second-order valence-corrected chi connectivity index (χ2v) is 2.49. The Bertz CT molecular complexity index is 413. The molecule has 0 spiro atoms. The molecule has 0 saturated carbocycles. The molecule has 0 aliphatic heterocycles. The van der Waals surface area contributed by atoms with Crippen LogP contribution in [0.15, 0.2) is 24.5 Å². The number of halogens is 2. The van der Waals surface area contributed by atoms with E-state index in [0.717, 1.165) is 5.65 Å². The lowest BCUT2D eigenvalue weighted by Gasteiger charge is -2.02. The van der Waals surface area contributed by atoms with Crippen LogP contribution in [-0.2, 0) is 6.54 Å². The number of pyridine rings is 1. The van der Waals surface area contributed by atoms with Crippen LogP contribution in [0, 0.1) is 5.82 Å². The van der Waals surface area contributed by atoms with Crippen LogP contribution in [-0.4, -0.2) is 9.38 Å². The highest BCUT2D eigenvalue weighted by molar-refractivity contribution is 5.85. The standard InChI is InChI=1S/C8H8FN3.ClH/c9-6-1-2-8-11-3-4-12(8)7(6)5-10;/h1-4H,5,10H2;1H. The molecule has 0 aliphatic rings. The lowest BCUT2D eigenvalue weighted by molar-refractivity contribution is 0.596. The van der Waals surface area contributed by atoms with Crippen molar-refractivity contribution < 1.29 is 4.39 Å². The maximum Gasteiger partial charge on any atom is 0.144 e. The first-order chi connectivity index (χ1) is 5.83. The predicted molar refractivity (Wildman–Crippen MR) is 50.3 cm³/mol. The maximum atomic E-state index is 13.1. The van der Waals surface area contributed by atoms with E-state index in [-0.39, 0.29) is 24.8 Å². The highest BCUT2D eigenvalue weighted by Crippen LogP contribution is 2.09. The number of hydrogen-bond donors (Lipinski definition) is 1. The average Bonchev–Trinajstić information content (AvgIpc) is 2.52. The largest absolute Gasteiger partial charge is 0.325 e. The summed E-state index contributed by atoms with van der Waals surface area (Å²) in [6.07, 6.45) is 3.31. The highest BCUT2D eigenvalue weighted by Gasteiger charge is 2.04. The second-order valence-electron chi connectivity index (χ2n) is 2.49. The zero-order valence-electron chi connectivity index (χ0n) is 6.77. The third-order valence-electron chi connectivity index (χ3n) is 1.81. The summed E-state index contributed by atoms with van der Waals surface area (Å²) in [5.41, 5.74) is 6.57. The molecule has 70 valence electrons. The predicted octanol–water partition coefficient (Wildman–Crippen LogP) is 1.35. The summed E-state index contributed by atoms with van der Waals surface area (Å²) in [5, 5.41) is 0. The number of imidazole rings is 1. The maximum absolute atomic E-state index is 13.1. The minimum Gasteiger partial charge on any atom is -0.325 e. The minimum atomic E-state index is -0.289. The van der Waals surface area contributed by atoms with Gasteiger partial charge < -0.3 is 5.73 Å². The lowest BCUT2D eigenvalue weighted by atomic mass is 10.3. The van der Waals surface area contributed by atoms with Gasteiger partial charge >= 0.3 is 0 Å². The van der Waals surface area contributed by atoms with Crippen molar-refractivity contribution in [3.05, 3.63) is 36.0 Å². The summed E-state index contributed by atoms with van der Waals surface area (Å²) in [6.45, 7) is 0.180. The second kappa shape index (κ2) is 3.72. The SMILES string of the molecule is Cl.NCc1c(F)ccc2nccn12. The van der Waals surface area contributed by atoms with Crippen LogP contribution in [0.25, 0.3) is 5.65 Å². The molecule has 0 aliphatic carbocycles. The van der Waals surface area contributed by atoms with Crippen molar-refractivity contribution in [1.82, 2.24) is 9.38 Å². The monoisotopic (exact) mass is 201 g/mol. The van der Waals surface area contributed by atoms with Gasteiger partial charge in [-0.05, 0) is 12.1 Å². The molecule has 0 unspecified atom stereocenters. The summed E-state index contributed by atoms with van der Waals surface area (Å²) < 4.78 is 14.7. The smallest absolute Gasteiger partial charge is 0.144 e. The fraction of sp³-hybridized carbons (Fsp3) is 0.125. The topological polar surface area (TPSA) is 43.3 Å². The highest BCUT2D eigenvalue weighted by atomic mass is 35.5. The van der Waals surface area contributed by atoms with Gasteiger partial charge in [-0.1, -0.05) is 0 Å². The number of nitrogens with zero attached hydrogens (tertiary/aromatic N) is 2. The van der Waals surface area contributed by atoms with Crippen LogP contribution in [0.5, 0.6) is 0 Å². The van der Waals surface area contributed by atoms with Gasteiger partial charge in [-0.15, -0.1) is 12.4 Å². The van der Waals surface area contributed by atoms with Crippen molar-refractivity contribution in [1.29, 1.82) is 0 Å². The molecule has 2 N–H and O–H groups in total. The summed E-state index contributed by atoms with van der Waals surface area (Å²) in [4.78, 5) is 4.01. The van der Waals surface area contributed by atoms with E-state index in [4.69, 9.17) is 5.73 Å². The van der Waals surface area contributed by atoms with Crippen LogP contribution < -0.4 is 5.73 Å². The van der Waals surface area contributed by atoms with E-state index in [0.29, 0.717) is 5.69 Å². The van der Waals surface area contributed by atoms with E-state index in [9.17, 15) is 4.39 Å². The van der Waals surface area contributed by atoms with E-state index in [1.165, 1.54) is 6.07 Å². The first kappa shape index (κ1) is 9.95. The first-order valence-corrected chi connectivity index (χ1v) is 3.63. The van der Waals surface area contributed by atoms with E-state index < -0.39 is 0 Å². The number of aromatic nitrogens is 2. The van der Waals surface area contributed by atoms with Crippen molar-refractivity contribution >= 4 is 18.1 Å². The van der Waals surface area contributed by atoms with Crippen LogP contribution in [0.1, 0.15) is 5.69 Å². The molecule has 0 fully saturated rings. The molecule has 0 amide bonds. The Morgan fingerprint density at radius 1 is 1.46 bits per heavy atom. The van der Waals surface area contributed by atoms with Gasteiger partial charge in [0, 0.05) is 18.9 Å². The van der Waals surface area contributed by atoms with E-state index in [1.54, 1.807) is 22.9 Å². The molecule has 13 heavy (non-hydrogen) atoms. The summed E-state index contributed by atoms with van der Waals surface area (Å²) in [7, 11) is 0. The normalized spacial score (nSPS) is 10.0. The van der Waals surface area contributed by atoms with Gasteiger partial charge in [0.1, 0.15) is 11.5 Å². The van der Waals surface area contributed by atoms with Crippen LogP contribution in [0.2, 0.25) is 0 Å². The van der Waals surface area contributed by atoms with Crippen molar-refractivity contribution in [2.24, 2.45) is 5.73 Å². The minimum absolute atomic E-state index is 0. The first-order valence-electron chi connectivity index (χ1n) is 3.63. The summed E-state index contributed by atoms with van der Waals surface area (Å²) in [6, 6.07) is 3.00. The van der Waals surface area contributed by atoms with Crippen molar-refractivity contribution in [2.75, 3.05) is 0 Å². The molecular weight excluding hydrogens is 193 g/mol. The van der Waals surface area contributed by atoms with Crippen molar-refractivity contribution in [3.63, 3.8) is 0 Å². The third-order valence-corrected chi connectivity index (χ3v) is 1.81. The van der Waals surface area contributed by atoms with E-state index >= 15 is 0 Å². The molecule has 2 heterocycles. The Morgan fingerprint density at radius 3 is 2.92 bits per heavy atom. The third kappa shape index (κ3) is 1.50. The average molecular weight is 202 g/mol. The van der Waals surface area contributed by atoms with E-state index in [1.807, 2.05) is 0 Å². The Morgan fingerprint density at radius 2 is 2.23 bits per heavy atom. The number of hydrogen-bond acceptors (Lipinski definition) is 2. The fourth-order valence-corrected chi connectivity index (χ4v) is 1.22. The molecule has 0 saturated heterocycles. The molecular formula is C8H9ClFN3. The molecule has 2 aromatic rings. The molecule has 0 bridgehead atoms. The van der Waals surface area contributed by atoms with E-state index in [2.05, 4.69) is 4.98 Å². The molecule has 5 heteroatoms. The number of rotatable bonds is 1. The molecule has 0 atom stereocenters. The molecule has 0 aromatic carbocycles. The van der Waals surface area contributed by atoms with Gasteiger partial charge in [0.25, 0.3) is 0 Å². The van der Waals surface area contributed by atoms with Crippen LogP contribution >= 0.6 is 12.4 Å². The Balaban J connectivity index is 0.000000845. The summed E-state index contributed by atoms with van der Waals surface area (Å²) >= 11 is 0. The van der Waals surface area contributed by atoms with Gasteiger partial charge in [0.05, 0.1) is 5.69 Å². The zero-order chi connectivity index (χ0) is 8.55. The number of nitrogens with two attached hydrogens (primary N) is 1. The van der Waals surface area contributed by atoms with Gasteiger partial charge in [-0.25, -0.2) is 9.37 Å². The Labute approximate surface area is 80.8 Å². The van der Waals surface area contributed by atoms with Gasteiger partial charge in [-0.3, -0.25) is 4.40 Å². The number of fused-ring (bicyclic) bond motifs is 1. The van der Waals surface area contributed by atoms with Crippen molar-refractivity contribution in [2.45, 2.75) is 6.54 Å². The van der Waals surface area contributed by atoms with Gasteiger partial charge in [0.2, 0.25) is 0 Å². The molecule has 2 aromatic heterocycles. The van der Waals surface area contributed by atoms with Gasteiger partial charge in [0.15, 0.2) is 0 Å². The quantitative estimate of drug-likeness (QED) is 0.757. The zero-order valence-corrected chi connectivity index (χ0v) is 7.59. The molecule has 3 nitrogen and oxygen atoms in total. The van der Waals surface area contributed by atoms with Gasteiger partial charge in [-0.2, -0.15) is 0 Å². The van der Waals surface area contributed by atoms with Crippen LogP contribution in [0.4, 0.5) is 4.39 Å². The van der Waals surface area contributed by atoms with Crippen molar-refractivity contribution in [3.8, 4) is 0 Å². The fourth-order valence-electron chi connectivity index (χ4n) is 1.22. The Kier molecular flexibility index (Phi) is 2.85. The Hall–Kier alpha value is -1.13. The molecule has 2 rings (SSSR count). The molecule has 0 radical (unpaired) electrons. The summed E-state index contributed by atoms with van der Waals surface area (Å²) in [5.74, 6) is -0.289. The van der Waals surface area contributed by atoms with Crippen LogP contribution in [0.3, 0.4) is 0 Å². The lowest BCUT2D eigenvalue weighted by Crippen LogP contribution is -2.06.